The van der Waals surface area contributed by atoms with Crippen LogP contribution in [-0.2, 0) is 22.4 Å². The average Bonchev–Trinajstić information content (AvgIpc) is 3.27. The summed E-state index contributed by atoms with van der Waals surface area (Å²) in [6.45, 7) is 5.82. The molecule has 1 aliphatic heterocycles. The fourth-order valence-electron chi connectivity index (χ4n) is 5.44. The lowest BCUT2D eigenvalue weighted by atomic mass is 10.0. The van der Waals surface area contributed by atoms with Gasteiger partial charge in [0.25, 0.3) is 5.91 Å². The van der Waals surface area contributed by atoms with E-state index >= 15 is 0 Å². The van der Waals surface area contributed by atoms with Gasteiger partial charge in [0.1, 0.15) is 17.7 Å². The molecular formula is C34H38ClN3O4. The summed E-state index contributed by atoms with van der Waals surface area (Å²) in [5.41, 5.74) is 2.70. The highest BCUT2D eigenvalue weighted by Gasteiger charge is 2.36. The second-order valence-corrected chi connectivity index (χ2v) is 12.5. The van der Waals surface area contributed by atoms with Crippen LogP contribution in [-0.4, -0.2) is 45.4 Å². The van der Waals surface area contributed by atoms with Crippen molar-refractivity contribution in [1.82, 2.24) is 9.88 Å². The van der Waals surface area contributed by atoms with E-state index in [1.807, 2.05) is 56.1 Å². The van der Waals surface area contributed by atoms with Crippen LogP contribution in [0.2, 0.25) is 5.02 Å². The van der Waals surface area contributed by atoms with Crippen LogP contribution in [0.15, 0.2) is 72.0 Å². The number of esters is 1. The Bertz CT molecular complexity index is 1430. The van der Waals surface area contributed by atoms with E-state index in [4.69, 9.17) is 26.1 Å². The molecule has 0 spiro atoms. The Morgan fingerprint density at radius 1 is 1.00 bits per heavy atom. The zero-order valence-electron chi connectivity index (χ0n) is 24.5. The molecule has 42 heavy (non-hydrogen) atoms. The molecule has 1 fully saturated rings. The van der Waals surface area contributed by atoms with Gasteiger partial charge in [-0.3, -0.25) is 9.78 Å². The maximum atomic E-state index is 14.2. The number of carbonyl (C=O) groups is 2. The summed E-state index contributed by atoms with van der Waals surface area (Å²) >= 11 is 6.37. The van der Waals surface area contributed by atoms with E-state index < -0.39 is 11.6 Å². The molecule has 0 radical (unpaired) electrons. The van der Waals surface area contributed by atoms with Gasteiger partial charge in [0.15, 0.2) is 0 Å². The van der Waals surface area contributed by atoms with Crippen molar-refractivity contribution in [3.63, 3.8) is 0 Å². The first-order valence-electron chi connectivity index (χ1n) is 14.7. The minimum absolute atomic E-state index is 0.0356. The molecule has 0 unspecified atom stereocenters. The van der Waals surface area contributed by atoms with Crippen LogP contribution < -0.4 is 0 Å². The molecule has 1 saturated carbocycles. The van der Waals surface area contributed by atoms with Crippen LogP contribution >= 0.6 is 11.6 Å². The van der Waals surface area contributed by atoms with Gasteiger partial charge >= 0.3 is 5.97 Å². The zero-order valence-corrected chi connectivity index (χ0v) is 25.3. The third-order valence-corrected chi connectivity index (χ3v) is 7.76. The van der Waals surface area contributed by atoms with Crippen molar-refractivity contribution in [2.45, 2.75) is 90.0 Å². The average molecular weight is 588 g/mol. The molecule has 7 nitrogen and oxygen atoms in total. The minimum Gasteiger partial charge on any atom is -0.476 e. The Kier molecular flexibility index (Phi) is 9.27. The Balaban J connectivity index is 1.52. The molecule has 5 rings (SSSR count). The number of nitrogens with zero attached hydrogens (tertiary/aromatic N) is 3. The van der Waals surface area contributed by atoms with E-state index in [1.165, 1.54) is 12.8 Å². The van der Waals surface area contributed by atoms with Crippen LogP contribution in [0.5, 0.6) is 0 Å². The molecule has 0 bridgehead atoms. The molecule has 2 aromatic carbocycles. The number of rotatable bonds is 6. The molecule has 1 amide bonds. The molecule has 0 N–H and O–H groups in total. The van der Waals surface area contributed by atoms with E-state index in [0.717, 1.165) is 36.8 Å². The number of carbonyl (C=O) groups excluding carboxylic acids is 2. The monoisotopic (exact) mass is 587 g/mol. The van der Waals surface area contributed by atoms with Gasteiger partial charge in [-0.1, -0.05) is 42.6 Å². The van der Waals surface area contributed by atoms with Gasteiger partial charge < -0.3 is 14.4 Å². The smallest absolute Gasteiger partial charge is 0.338 e. The van der Waals surface area contributed by atoms with Crippen LogP contribution in [0, 0.1) is 0 Å². The quantitative estimate of drug-likeness (QED) is 0.218. The molecule has 3 aromatic rings. The van der Waals surface area contributed by atoms with E-state index in [1.54, 1.807) is 36.5 Å². The van der Waals surface area contributed by atoms with Gasteiger partial charge in [0.2, 0.25) is 5.90 Å². The minimum atomic E-state index is -0.586. The summed E-state index contributed by atoms with van der Waals surface area (Å²) in [6.07, 6.45) is 10.6. The number of ether oxygens (including phenoxy) is 2. The molecule has 1 aliphatic carbocycles. The third kappa shape index (κ3) is 7.57. The SMILES string of the molecule is CC(C)(C)OC(=O)c1ccc(CN2C(=O)c3ccc(Cl)cc3N=C(OC3CCCCCC3)[C@H]2Cc2cccnc2)cc1. The molecule has 2 heterocycles. The van der Waals surface area contributed by atoms with Gasteiger partial charge in [-0.25, -0.2) is 9.79 Å². The van der Waals surface area contributed by atoms with Crippen molar-refractivity contribution in [1.29, 1.82) is 0 Å². The van der Waals surface area contributed by atoms with Crippen molar-refractivity contribution in [3.8, 4) is 0 Å². The first kappa shape index (κ1) is 29.8. The summed E-state index contributed by atoms with van der Waals surface area (Å²) in [5.74, 6) is -0.0214. The Hall–Kier alpha value is -3.71. The van der Waals surface area contributed by atoms with Crippen LogP contribution in [0.4, 0.5) is 5.69 Å². The summed E-state index contributed by atoms with van der Waals surface area (Å²) in [6, 6.07) is 15.8. The van der Waals surface area contributed by atoms with Crippen molar-refractivity contribution >= 4 is 35.1 Å². The predicted molar refractivity (Wildman–Crippen MR) is 164 cm³/mol. The highest BCUT2D eigenvalue weighted by Crippen LogP contribution is 2.33. The van der Waals surface area contributed by atoms with Crippen LogP contribution in [0.25, 0.3) is 0 Å². The lowest BCUT2D eigenvalue weighted by Gasteiger charge is -2.32. The van der Waals surface area contributed by atoms with E-state index in [9.17, 15) is 9.59 Å². The van der Waals surface area contributed by atoms with Gasteiger partial charge in [-0.05, 0) is 94.0 Å². The zero-order chi connectivity index (χ0) is 29.7. The van der Waals surface area contributed by atoms with Crippen LogP contribution in [0.1, 0.15) is 91.1 Å². The van der Waals surface area contributed by atoms with Crippen molar-refractivity contribution in [2.75, 3.05) is 0 Å². The maximum Gasteiger partial charge on any atom is 0.338 e. The topological polar surface area (TPSA) is 81.1 Å². The number of hydrogen-bond donors (Lipinski definition) is 0. The number of halogens is 1. The standard InChI is InChI=1S/C34H38ClN3O4/c1-34(2,3)42-33(40)25-14-12-23(13-15-25)22-38-30(19-24-9-8-18-36-21-24)31(41-27-10-6-4-5-7-11-27)37-29-20-26(35)16-17-28(29)32(38)39/h8-9,12-18,20-21,27,30H,4-7,10-11,19,22H2,1-3H3/t30-/m1/s1. The molecule has 1 atom stereocenters. The van der Waals surface area contributed by atoms with E-state index in [2.05, 4.69) is 4.98 Å². The molecule has 8 heteroatoms. The number of aliphatic imine (C=N–C) groups is 1. The highest BCUT2D eigenvalue weighted by molar-refractivity contribution is 6.31. The fourth-order valence-corrected chi connectivity index (χ4v) is 5.60. The number of pyridine rings is 1. The first-order chi connectivity index (χ1) is 20.2. The normalized spacial score (nSPS) is 18.0. The van der Waals surface area contributed by atoms with Gasteiger partial charge in [0.05, 0.1) is 16.8 Å². The second-order valence-electron chi connectivity index (χ2n) is 12.1. The Labute approximate surface area is 252 Å². The van der Waals surface area contributed by atoms with Crippen molar-refractivity contribution in [3.05, 3.63) is 94.3 Å². The number of fused-ring (bicyclic) bond motifs is 1. The van der Waals surface area contributed by atoms with Crippen molar-refractivity contribution in [2.24, 2.45) is 4.99 Å². The highest BCUT2D eigenvalue weighted by atomic mass is 35.5. The molecule has 0 saturated heterocycles. The first-order valence-corrected chi connectivity index (χ1v) is 15.1. The third-order valence-electron chi connectivity index (χ3n) is 7.53. The van der Waals surface area contributed by atoms with E-state index in [0.29, 0.717) is 40.7 Å². The molecule has 2 aliphatic rings. The summed E-state index contributed by atoms with van der Waals surface area (Å²) in [7, 11) is 0. The summed E-state index contributed by atoms with van der Waals surface area (Å²) in [4.78, 5) is 38.0. The Morgan fingerprint density at radius 3 is 2.40 bits per heavy atom. The largest absolute Gasteiger partial charge is 0.476 e. The summed E-state index contributed by atoms with van der Waals surface area (Å²) in [5, 5.41) is 0.508. The number of amides is 1. The number of aromatic nitrogens is 1. The van der Waals surface area contributed by atoms with Gasteiger partial charge in [0, 0.05) is 30.4 Å². The lowest BCUT2D eigenvalue weighted by molar-refractivity contribution is 0.00692. The predicted octanol–water partition coefficient (Wildman–Crippen LogP) is 7.73. The summed E-state index contributed by atoms with van der Waals surface area (Å²) < 4.78 is 12.2. The molecular weight excluding hydrogens is 550 g/mol. The number of hydrogen-bond acceptors (Lipinski definition) is 6. The lowest BCUT2D eigenvalue weighted by Crippen LogP contribution is -2.46. The van der Waals surface area contributed by atoms with Gasteiger partial charge in [-0.15, -0.1) is 0 Å². The molecule has 220 valence electrons. The maximum absolute atomic E-state index is 14.2. The fraction of sp³-hybridized carbons (Fsp3) is 0.412. The van der Waals surface area contributed by atoms with Crippen LogP contribution in [0.3, 0.4) is 0 Å². The Morgan fingerprint density at radius 2 is 1.74 bits per heavy atom. The van der Waals surface area contributed by atoms with E-state index in [-0.39, 0.29) is 18.0 Å². The van der Waals surface area contributed by atoms with Gasteiger partial charge in [-0.2, -0.15) is 0 Å². The number of benzene rings is 2. The second kappa shape index (κ2) is 13.1. The molecule has 1 aromatic heterocycles. The van der Waals surface area contributed by atoms with Crippen molar-refractivity contribution < 1.29 is 19.1 Å².